The molecule has 30 heavy (non-hydrogen) atoms. The highest BCUT2D eigenvalue weighted by atomic mass is 16.5. The van der Waals surface area contributed by atoms with Crippen LogP contribution in [0.4, 0.5) is 17.2 Å². The summed E-state index contributed by atoms with van der Waals surface area (Å²) in [5.41, 5.74) is 2.73. The summed E-state index contributed by atoms with van der Waals surface area (Å²) in [7, 11) is 1.57. The Labute approximate surface area is 175 Å². The predicted octanol–water partition coefficient (Wildman–Crippen LogP) is 2.23. The van der Waals surface area contributed by atoms with E-state index in [-0.39, 0.29) is 18.2 Å². The van der Waals surface area contributed by atoms with Gasteiger partial charge in [-0.05, 0) is 36.8 Å². The number of aryl methyl sites for hydroxylation is 1. The molecule has 2 amide bonds. The Kier molecular flexibility index (Phi) is 5.85. The van der Waals surface area contributed by atoms with Gasteiger partial charge in [-0.25, -0.2) is 4.98 Å². The van der Waals surface area contributed by atoms with E-state index in [9.17, 15) is 9.59 Å². The second-order valence-electron chi connectivity index (χ2n) is 7.57. The lowest BCUT2D eigenvalue weighted by Crippen LogP contribution is -2.36. The van der Waals surface area contributed by atoms with Crippen molar-refractivity contribution in [1.82, 2.24) is 4.98 Å². The summed E-state index contributed by atoms with van der Waals surface area (Å²) in [6.45, 7) is 5.34. The van der Waals surface area contributed by atoms with Gasteiger partial charge in [0.05, 0.1) is 43.8 Å². The summed E-state index contributed by atoms with van der Waals surface area (Å²) in [6, 6.07) is 9.41. The zero-order valence-corrected chi connectivity index (χ0v) is 17.3. The number of ether oxygens (including phenoxy) is 2. The highest BCUT2D eigenvalue weighted by Crippen LogP contribution is 2.34. The molecule has 8 nitrogen and oxygen atoms in total. The number of methoxy groups -OCH3 is 1. The molecule has 0 aliphatic carbocycles. The SMILES string of the molecule is COc1ccc(C)cc1N1C[C@@H](C(=O)Nc2ccc(N3CCOCC3)cn2)CC1=O. The number of nitrogens with one attached hydrogen (secondary N) is 1. The molecule has 1 aromatic carbocycles. The Morgan fingerprint density at radius 1 is 1.23 bits per heavy atom. The maximum absolute atomic E-state index is 12.8. The summed E-state index contributed by atoms with van der Waals surface area (Å²) in [4.78, 5) is 33.6. The first-order chi connectivity index (χ1) is 14.5. The van der Waals surface area contributed by atoms with Crippen LogP contribution in [0.15, 0.2) is 36.5 Å². The van der Waals surface area contributed by atoms with Crippen molar-refractivity contribution in [2.75, 3.05) is 55.1 Å². The van der Waals surface area contributed by atoms with Crippen LogP contribution in [0.1, 0.15) is 12.0 Å². The number of nitrogens with zero attached hydrogens (tertiary/aromatic N) is 3. The number of pyridine rings is 1. The highest BCUT2D eigenvalue weighted by Gasteiger charge is 2.36. The van der Waals surface area contributed by atoms with Crippen LogP contribution in [0.25, 0.3) is 0 Å². The molecule has 158 valence electrons. The molecule has 2 saturated heterocycles. The largest absolute Gasteiger partial charge is 0.495 e. The number of hydrogen-bond acceptors (Lipinski definition) is 6. The van der Waals surface area contributed by atoms with E-state index < -0.39 is 5.92 Å². The first-order valence-electron chi connectivity index (χ1n) is 10.1. The summed E-state index contributed by atoms with van der Waals surface area (Å²) in [5, 5.41) is 2.84. The minimum atomic E-state index is -0.441. The van der Waals surface area contributed by atoms with E-state index in [2.05, 4.69) is 15.2 Å². The number of carbonyl (C=O) groups is 2. The lowest BCUT2D eigenvalue weighted by Gasteiger charge is -2.28. The van der Waals surface area contributed by atoms with Crippen LogP contribution in [0.3, 0.4) is 0 Å². The molecule has 2 aromatic rings. The van der Waals surface area contributed by atoms with E-state index >= 15 is 0 Å². The summed E-state index contributed by atoms with van der Waals surface area (Å²) >= 11 is 0. The summed E-state index contributed by atoms with van der Waals surface area (Å²) in [5.74, 6) is 0.369. The summed E-state index contributed by atoms with van der Waals surface area (Å²) < 4.78 is 10.8. The molecule has 1 aromatic heterocycles. The van der Waals surface area contributed by atoms with Crippen molar-refractivity contribution in [2.24, 2.45) is 5.92 Å². The maximum atomic E-state index is 12.8. The van der Waals surface area contributed by atoms with E-state index in [0.29, 0.717) is 37.0 Å². The first-order valence-corrected chi connectivity index (χ1v) is 10.1. The van der Waals surface area contributed by atoms with Crippen LogP contribution in [-0.4, -0.2) is 56.8 Å². The Morgan fingerprint density at radius 3 is 2.73 bits per heavy atom. The average molecular weight is 410 g/mol. The molecule has 2 fully saturated rings. The molecule has 2 aliphatic heterocycles. The van der Waals surface area contributed by atoms with Gasteiger partial charge >= 0.3 is 0 Å². The molecule has 0 radical (unpaired) electrons. The van der Waals surface area contributed by atoms with E-state index in [4.69, 9.17) is 9.47 Å². The van der Waals surface area contributed by atoms with Crippen LogP contribution >= 0.6 is 0 Å². The fourth-order valence-corrected chi connectivity index (χ4v) is 3.82. The number of aromatic nitrogens is 1. The first kappa shape index (κ1) is 20.2. The number of morpholine rings is 1. The molecular weight excluding hydrogens is 384 g/mol. The molecular formula is C22H26N4O4. The average Bonchev–Trinajstić information content (AvgIpc) is 3.16. The number of carbonyl (C=O) groups excluding carboxylic acids is 2. The van der Waals surface area contributed by atoms with Crippen LogP contribution < -0.4 is 19.9 Å². The topological polar surface area (TPSA) is 84.0 Å². The van der Waals surface area contributed by atoms with E-state index in [1.165, 1.54) is 0 Å². The lowest BCUT2D eigenvalue weighted by molar-refractivity contribution is -0.122. The standard InChI is InChI=1S/C22H26N4O4/c1-15-3-5-19(29-2)18(11-15)26-14-16(12-21(26)27)22(28)24-20-6-4-17(13-23-20)25-7-9-30-10-8-25/h3-6,11,13,16H,7-10,12,14H2,1-2H3,(H,23,24,28)/t16-/m0/s1. The third-order valence-corrected chi connectivity index (χ3v) is 5.50. The molecule has 4 rings (SSSR count). The maximum Gasteiger partial charge on any atom is 0.230 e. The van der Waals surface area contributed by atoms with Gasteiger partial charge in [-0.15, -0.1) is 0 Å². The van der Waals surface area contributed by atoms with Crippen molar-refractivity contribution in [3.63, 3.8) is 0 Å². The molecule has 0 spiro atoms. The summed E-state index contributed by atoms with van der Waals surface area (Å²) in [6.07, 6.45) is 1.92. The van der Waals surface area contributed by atoms with E-state index in [1.54, 1.807) is 24.3 Å². The minimum Gasteiger partial charge on any atom is -0.495 e. The number of anilines is 3. The molecule has 0 saturated carbocycles. The van der Waals surface area contributed by atoms with Gasteiger partial charge < -0.3 is 24.6 Å². The molecule has 3 heterocycles. The van der Waals surface area contributed by atoms with Gasteiger partial charge in [-0.1, -0.05) is 6.07 Å². The normalized spacial score (nSPS) is 19.1. The van der Waals surface area contributed by atoms with E-state index in [0.717, 1.165) is 24.3 Å². The van der Waals surface area contributed by atoms with Crippen LogP contribution in [0, 0.1) is 12.8 Å². The minimum absolute atomic E-state index is 0.0883. The third-order valence-electron chi connectivity index (χ3n) is 5.50. The smallest absolute Gasteiger partial charge is 0.230 e. The number of hydrogen-bond donors (Lipinski definition) is 1. The van der Waals surface area contributed by atoms with Crippen molar-refractivity contribution < 1.29 is 19.1 Å². The Balaban J connectivity index is 1.41. The second kappa shape index (κ2) is 8.71. The van der Waals surface area contributed by atoms with Crippen molar-refractivity contribution in [2.45, 2.75) is 13.3 Å². The van der Waals surface area contributed by atoms with Gasteiger partial charge in [0, 0.05) is 26.1 Å². The number of amides is 2. The molecule has 0 bridgehead atoms. The van der Waals surface area contributed by atoms with Gasteiger partial charge in [0.15, 0.2) is 0 Å². The van der Waals surface area contributed by atoms with Crippen LogP contribution in [0.5, 0.6) is 5.75 Å². The zero-order valence-electron chi connectivity index (χ0n) is 17.3. The molecule has 2 aliphatic rings. The van der Waals surface area contributed by atoms with Crippen LogP contribution in [0.2, 0.25) is 0 Å². The van der Waals surface area contributed by atoms with Gasteiger partial charge in [0.25, 0.3) is 0 Å². The fraction of sp³-hybridized carbons (Fsp3) is 0.409. The van der Waals surface area contributed by atoms with Crippen LogP contribution in [-0.2, 0) is 14.3 Å². The number of rotatable bonds is 5. The van der Waals surface area contributed by atoms with Gasteiger partial charge in [-0.3, -0.25) is 9.59 Å². The monoisotopic (exact) mass is 410 g/mol. The van der Waals surface area contributed by atoms with Gasteiger partial charge in [0.2, 0.25) is 11.8 Å². The van der Waals surface area contributed by atoms with Crippen molar-refractivity contribution in [3.05, 3.63) is 42.1 Å². The molecule has 8 heteroatoms. The Morgan fingerprint density at radius 2 is 2.03 bits per heavy atom. The van der Waals surface area contributed by atoms with Crippen molar-refractivity contribution in [3.8, 4) is 5.75 Å². The predicted molar refractivity (Wildman–Crippen MR) is 114 cm³/mol. The quantitative estimate of drug-likeness (QED) is 0.814. The molecule has 1 atom stereocenters. The lowest BCUT2D eigenvalue weighted by atomic mass is 10.1. The van der Waals surface area contributed by atoms with Gasteiger partial charge in [-0.2, -0.15) is 0 Å². The zero-order chi connectivity index (χ0) is 21.1. The second-order valence-corrected chi connectivity index (χ2v) is 7.57. The van der Waals surface area contributed by atoms with E-state index in [1.807, 2.05) is 31.2 Å². The third kappa shape index (κ3) is 4.23. The fourth-order valence-electron chi connectivity index (χ4n) is 3.82. The highest BCUT2D eigenvalue weighted by molar-refractivity contribution is 6.04. The van der Waals surface area contributed by atoms with Crippen molar-refractivity contribution >= 4 is 29.0 Å². The molecule has 1 N–H and O–H groups in total. The van der Waals surface area contributed by atoms with Crippen molar-refractivity contribution in [1.29, 1.82) is 0 Å². The van der Waals surface area contributed by atoms with Gasteiger partial charge in [0.1, 0.15) is 11.6 Å². The Hall–Kier alpha value is -3.13. The Bertz CT molecular complexity index is 925. The molecule has 0 unspecified atom stereocenters. The number of benzene rings is 1.